The molecular formula is C12H19BrN2. The summed E-state index contributed by atoms with van der Waals surface area (Å²) in [4.78, 5) is 2.31. The molecule has 0 saturated heterocycles. The Bertz CT molecular complexity index is 280. The Balaban J connectivity index is 2.57. The van der Waals surface area contributed by atoms with Crippen LogP contribution in [0.15, 0.2) is 28.7 Å². The second kappa shape index (κ2) is 6.26. The highest BCUT2D eigenvalue weighted by molar-refractivity contribution is 9.10. The number of benzene rings is 1. The lowest BCUT2D eigenvalue weighted by Crippen LogP contribution is -2.36. The van der Waals surface area contributed by atoms with Crippen LogP contribution in [-0.2, 0) is 6.54 Å². The Labute approximate surface area is 101 Å². The van der Waals surface area contributed by atoms with Gasteiger partial charge in [-0.1, -0.05) is 35.0 Å². The van der Waals surface area contributed by atoms with Gasteiger partial charge in [-0.15, -0.1) is 0 Å². The highest BCUT2D eigenvalue weighted by atomic mass is 79.9. The van der Waals surface area contributed by atoms with Gasteiger partial charge in [0.05, 0.1) is 0 Å². The second-order valence-corrected chi connectivity index (χ2v) is 4.76. The predicted octanol–water partition coefficient (Wildman–Crippen LogP) is 2.62. The molecule has 15 heavy (non-hydrogen) atoms. The monoisotopic (exact) mass is 270 g/mol. The Morgan fingerprint density at radius 2 is 1.93 bits per heavy atom. The lowest BCUT2D eigenvalue weighted by molar-refractivity contribution is 0.233. The number of hydrogen-bond acceptors (Lipinski definition) is 2. The highest BCUT2D eigenvalue weighted by Crippen LogP contribution is 2.13. The number of likely N-dealkylation sites (N-methyl/N-ethyl adjacent to an activating group) is 1. The Morgan fingerprint density at radius 3 is 2.40 bits per heavy atom. The van der Waals surface area contributed by atoms with Crippen LogP contribution in [0, 0.1) is 0 Å². The fourth-order valence-electron chi connectivity index (χ4n) is 1.67. The zero-order chi connectivity index (χ0) is 11.3. The van der Waals surface area contributed by atoms with Gasteiger partial charge in [0.25, 0.3) is 0 Å². The topological polar surface area (TPSA) is 29.3 Å². The summed E-state index contributed by atoms with van der Waals surface area (Å²) in [6.07, 6.45) is 1.10. The van der Waals surface area contributed by atoms with E-state index in [0.717, 1.165) is 24.0 Å². The molecule has 0 bridgehead atoms. The van der Waals surface area contributed by atoms with E-state index in [1.807, 2.05) is 0 Å². The summed E-state index contributed by atoms with van der Waals surface area (Å²) >= 11 is 3.43. The number of nitrogens with zero attached hydrogens (tertiary/aromatic N) is 1. The van der Waals surface area contributed by atoms with E-state index in [0.29, 0.717) is 6.04 Å². The summed E-state index contributed by atoms with van der Waals surface area (Å²) in [6, 6.07) is 8.92. The lowest BCUT2D eigenvalue weighted by Gasteiger charge is -2.25. The van der Waals surface area contributed by atoms with E-state index in [1.54, 1.807) is 0 Å². The summed E-state index contributed by atoms with van der Waals surface area (Å²) in [7, 11) is 2.13. The van der Waals surface area contributed by atoms with Crippen LogP contribution in [0.1, 0.15) is 18.9 Å². The first kappa shape index (κ1) is 12.7. The van der Waals surface area contributed by atoms with E-state index >= 15 is 0 Å². The van der Waals surface area contributed by atoms with E-state index in [1.165, 1.54) is 5.56 Å². The molecular weight excluding hydrogens is 252 g/mol. The summed E-state index contributed by atoms with van der Waals surface area (Å²) < 4.78 is 1.12. The molecule has 0 aromatic heterocycles. The third-order valence-corrected chi connectivity index (χ3v) is 3.24. The van der Waals surface area contributed by atoms with Crippen molar-refractivity contribution in [3.8, 4) is 0 Å². The maximum atomic E-state index is 5.71. The molecule has 0 spiro atoms. The molecule has 1 unspecified atom stereocenters. The van der Waals surface area contributed by atoms with Gasteiger partial charge in [-0.05, 0) is 31.2 Å². The van der Waals surface area contributed by atoms with Gasteiger partial charge in [0, 0.05) is 23.6 Å². The fourth-order valence-corrected chi connectivity index (χ4v) is 1.93. The maximum Gasteiger partial charge on any atom is 0.0234 e. The minimum absolute atomic E-state index is 0.480. The molecule has 1 atom stereocenters. The van der Waals surface area contributed by atoms with Crippen LogP contribution in [0.25, 0.3) is 0 Å². The van der Waals surface area contributed by atoms with Gasteiger partial charge in [0.2, 0.25) is 0 Å². The lowest BCUT2D eigenvalue weighted by atomic mass is 10.1. The van der Waals surface area contributed by atoms with Crippen molar-refractivity contribution < 1.29 is 0 Å². The number of halogens is 1. The summed E-state index contributed by atoms with van der Waals surface area (Å²) in [5.74, 6) is 0. The Kier molecular flexibility index (Phi) is 5.29. The minimum atomic E-state index is 0.480. The van der Waals surface area contributed by atoms with Gasteiger partial charge in [-0.3, -0.25) is 4.90 Å². The van der Waals surface area contributed by atoms with Crippen LogP contribution in [0.4, 0.5) is 0 Å². The van der Waals surface area contributed by atoms with Crippen molar-refractivity contribution in [2.24, 2.45) is 5.73 Å². The average molecular weight is 271 g/mol. The van der Waals surface area contributed by atoms with Crippen molar-refractivity contribution in [3.63, 3.8) is 0 Å². The zero-order valence-electron chi connectivity index (χ0n) is 9.41. The van der Waals surface area contributed by atoms with Gasteiger partial charge < -0.3 is 5.73 Å². The van der Waals surface area contributed by atoms with E-state index in [-0.39, 0.29) is 0 Å². The standard InChI is InChI=1S/C12H19BrN2/c1-3-12(8-14)15(2)9-10-4-6-11(13)7-5-10/h4-7,12H,3,8-9,14H2,1-2H3. The van der Waals surface area contributed by atoms with Crippen LogP contribution in [0.2, 0.25) is 0 Å². The summed E-state index contributed by atoms with van der Waals surface area (Å²) in [6.45, 7) is 3.86. The molecule has 84 valence electrons. The van der Waals surface area contributed by atoms with Gasteiger partial charge in [0.15, 0.2) is 0 Å². The fraction of sp³-hybridized carbons (Fsp3) is 0.500. The largest absolute Gasteiger partial charge is 0.329 e. The molecule has 3 heteroatoms. The van der Waals surface area contributed by atoms with Crippen molar-refractivity contribution in [2.45, 2.75) is 25.9 Å². The third-order valence-electron chi connectivity index (χ3n) is 2.71. The number of rotatable bonds is 5. The molecule has 2 N–H and O–H groups in total. The van der Waals surface area contributed by atoms with Crippen molar-refractivity contribution >= 4 is 15.9 Å². The number of hydrogen-bond donors (Lipinski definition) is 1. The Hall–Kier alpha value is -0.380. The van der Waals surface area contributed by atoms with Crippen LogP contribution in [-0.4, -0.2) is 24.5 Å². The van der Waals surface area contributed by atoms with E-state index < -0.39 is 0 Å². The molecule has 2 nitrogen and oxygen atoms in total. The maximum absolute atomic E-state index is 5.71. The summed E-state index contributed by atoms with van der Waals surface area (Å²) in [5, 5.41) is 0. The van der Waals surface area contributed by atoms with Crippen LogP contribution in [0.5, 0.6) is 0 Å². The average Bonchev–Trinajstić information content (AvgIpc) is 2.23. The molecule has 1 rings (SSSR count). The zero-order valence-corrected chi connectivity index (χ0v) is 11.0. The van der Waals surface area contributed by atoms with Gasteiger partial charge >= 0.3 is 0 Å². The van der Waals surface area contributed by atoms with Crippen molar-refractivity contribution in [1.29, 1.82) is 0 Å². The quantitative estimate of drug-likeness (QED) is 0.892. The molecule has 0 aliphatic heterocycles. The van der Waals surface area contributed by atoms with E-state index in [4.69, 9.17) is 5.73 Å². The van der Waals surface area contributed by atoms with Crippen LogP contribution >= 0.6 is 15.9 Å². The van der Waals surface area contributed by atoms with Crippen LogP contribution < -0.4 is 5.73 Å². The molecule has 0 amide bonds. The molecule has 0 fully saturated rings. The predicted molar refractivity (Wildman–Crippen MR) is 68.7 cm³/mol. The molecule has 0 radical (unpaired) electrons. The molecule has 1 aromatic rings. The van der Waals surface area contributed by atoms with Crippen molar-refractivity contribution in [2.75, 3.05) is 13.6 Å². The van der Waals surface area contributed by atoms with Gasteiger partial charge in [-0.2, -0.15) is 0 Å². The van der Waals surface area contributed by atoms with Crippen molar-refractivity contribution in [3.05, 3.63) is 34.3 Å². The van der Waals surface area contributed by atoms with E-state index in [9.17, 15) is 0 Å². The molecule has 0 saturated carbocycles. The first-order valence-corrected chi connectivity index (χ1v) is 6.11. The molecule has 0 aliphatic rings. The molecule has 0 heterocycles. The highest BCUT2D eigenvalue weighted by Gasteiger charge is 2.10. The first-order valence-electron chi connectivity index (χ1n) is 5.32. The smallest absolute Gasteiger partial charge is 0.0234 e. The molecule has 1 aromatic carbocycles. The minimum Gasteiger partial charge on any atom is -0.329 e. The van der Waals surface area contributed by atoms with Crippen molar-refractivity contribution in [1.82, 2.24) is 4.90 Å². The number of nitrogens with two attached hydrogens (primary N) is 1. The molecule has 0 aliphatic carbocycles. The van der Waals surface area contributed by atoms with Gasteiger partial charge in [-0.25, -0.2) is 0 Å². The Morgan fingerprint density at radius 1 is 1.33 bits per heavy atom. The SMILES string of the molecule is CCC(CN)N(C)Cc1ccc(Br)cc1. The van der Waals surface area contributed by atoms with Gasteiger partial charge in [0.1, 0.15) is 0 Å². The van der Waals surface area contributed by atoms with E-state index in [2.05, 4.69) is 59.1 Å². The first-order chi connectivity index (χ1) is 7.17. The second-order valence-electron chi connectivity index (χ2n) is 3.84. The normalized spacial score (nSPS) is 13.1. The third kappa shape index (κ3) is 3.93. The van der Waals surface area contributed by atoms with Crippen LogP contribution in [0.3, 0.4) is 0 Å². The summed E-state index contributed by atoms with van der Waals surface area (Å²) in [5.41, 5.74) is 7.04.